The van der Waals surface area contributed by atoms with E-state index < -0.39 is 0 Å². The first-order valence-corrected chi connectivity index (χ1v) is 6.61. The second kappa shape index (κ2) is 5.97. The Bertz CT molecular complexity index is 512. The van der Waals surface area contributed by atoms with Crippen LogP contribution < -0.4 is 5.56 Å². The van der Waals surface area contributed by atoms with Crippen molar-refractivity contribution in [3.05, 3.63) is 28.2 Å². The number of carbonyl (C=O) groups is 1. The summed E-state index contributed by atoms with van der Waals surface area (Å²) in [5.74, 6) is -0.139. The molecule has 1 amide bonds. The van der Waals surface area contributed by atoms with Gasteiger partial charge in [-0.3, -0.25) is 9.59 Å². The van der Waals surface area contributed by atoms with Gasteiger partial charge in [-0.2, -0.15) is 5.10 Å². The third-order valence-electron chi connectivity index (χ3n) is 3.05. The molecule has 0 radical (unpaired) electrons. The lowest BCUT2D eigenvalue weighted by molar-refractivity contribution is -0.0127. The van der Waals surface area contributed by atoms with Gasteiger partial charge in [0.25, 0.3) is 11.5 Å². The van der Waals surface area contributed by atoms with E-state index in [1.807, 2.05) is 13.8 Å². The average Bonchev–Trinajstić information content (AvgIpc) is 2.41. The van der Waals surface area contributed by atoms with Crippen molar-refractivity contribution in [3.63, 3.8) is 0 Å². The van der Waals surface area contributed by atoms with Gasteiger partial charge in [-0.05, 0) is 19.4 Å². The quantitative estimate of drug-likeness (QED) is 0.799. The van der Waals surface area contributed by atoms with E-state index in [9.17, 15) is 9.59 Å². The number of nitrogens with zero attached hydrogens (tertiary/aromatic N) is 3. The van der Waals surface area contributed by atoms with E-state index in [1.165, 1.54) is 16.8 Å². The normalized spacial score (nSPS) is 19.5. The molecule has 0 unspecified atom stereocenters. The predicted octanol–water partition coefficient (Wildman–Crippen LogP) is 0.514. The molecule has 0 aromatic carbocycles. The zero-order valence-electron chi connectivity index (χ0n) is 11.3. The van der Waals surface area contributed by atoms with Crippen molar-refractivity contribution in [2.45, 2.75) is 32.9 Å². The van der Waals surface area contributed by atoms with Gasteiger partial charge in [-0.1, -0.05) is 6.92 Å². The van der Waals surface area contributed by atoms with Gasteiger partial charge < -0.3 is 9.64 Å². The van der Waals surface area contributed by atoms with Gasteiger partial charge in [0, 0.05) is 25.7 Å². The lowest BCUT2D eigenvalue weighted by Crippen LogP contribution is -2.45. The number of rotatable bonds is 3. The van der Waals surface area contributed by atoms with Crippen LogP contribution in [0.4, 0.5) is 0 Å². The molecule has 1 aliphatic heterocycles. The van der Waals surface area contributed by atoms with Gasteiger partial charge in [0.15, 0.2) is 0 Å². The van der Waals surface area contributed by atoms with Crippen LogP contribution >= 0.6 is 0 Å². The third kappa shape index (κ3) is 3.20. The SMILES string of the molecule is CCCn1nc(C(=O)N2CCO[C@H](C)C2)ccc1=O. The van der Waals surface area contributed by atoms with Crippen molar-refractivity contribution in [3.8, 4) is 0 Å². The number of amides is 1. The fourth-order valence-corrected chi connectivity index (χ4v) is 2.10. The molecule has 1 aromatic rings. The molecule has 1 fully saturated rings. The summed E-state index contributed by atoms with van der Waals surface area (Å²) in [7, 11) is 0. The van der Waals surface area contributed by atoms with Gasteiger partial charge in [0.1, 0.15) is 5.69 Å². The second-order valence-electron chi connectivity index (χ2n) is 4.71. The van der Waals surface area contributed by atoms with Crippen LogP contribution in [0.2, 0.25) is 0 Å². The van der Waals surface area contributed by atoms with E-state index in [-0.39, 0.29) is 17.6 Å². The van der Waals surface area contributed by atoms with Crippen molar-refractivity contribution in [2.75, 3.05) is 19.7 Å². The summed E-state index contributed by atoms with van der Waals surface area (Å²) < 4.78 is 6.75. The van der Waals surface area contributed by atoms with E-state index in [0.717, 1.165) is 6.42 Å². The van der Waals surface area contributed by atoms with Gasteiger partial charge in [-0.25, -0.2) is 4.68 Å². The van der Waals surface area contributed by atoms with Crippen LogP contribution in [0.1, 0.15) is 30.8 Å². The summed E-state index contributed by atoms with van der Waals surface area (Å²) in [5.41, 5.74) is 0.149. The Balaban J connectivity index is 2.18. The zero-order chi connectivity index (χ0) is 13.8. The number of aryl methyl sites for hydroxylation is 1. The molecule has 6 nitrogen and oxygen atoms in total. The third-order valence-corrected chi connectivity index (χ3v) is 3.05. The minimum atomic E-state index is -0.172. The van der Waals surface area contributed by atoms with E-state index >= 15 is 0 Å². The van der Waals surface area contributed by atoms with Crippen molar-refractivity contribution in [2.24, 2.45) is 0 Å². The van der Waals surface area contributed by atoms with Crippen LogP contribution in [-0.2, 0) is 11.3 Å². The molecule has 0 spiro atoms. The van der Waals surface area contributed by atoms with Crippen molar-refractivity contribution >= 4 is 5.91 Å². The molecule has 1 aromatic heterocycles. The summed E-state index contributed by atoms with van der Waals surface area (Å²) in [4.78, 5) is 25.6. The average molecular weight is 265 g/mol. The molecule has 0 saturated carbocycles. The molecule has 0 N–H and O–H groups in total. The molecule has 0 bridgehead atoms. The highest BCUT2D eigenvalue weighted by Gasteiger charge is 2.23. The molecule has 19 heavy (non-hydrogen) atoms. The number of morpholine rings is 1. The summed E-state index contributed by atoms with van der Waals surface area (Å²) in [6.45, 7) is 6.10. The topological polar surface area (TPSA) is 64.4 Å². The van der Waals surface area contributed by atoms with Crippen molar-refractivity contribution in [1.29, 1.82) is 0 Å². The standard InChI is InChI=1S/C13H19N3O3/c1-3-6-16-12(17)5-4-11(14-16)13(18)15-7-8-19-10(2)9-15/h4-5,10H,3,6-9H2,1-2H3/t10-/m1/s1. The Hall–Kier alpha value is -1.69. The zero-order valence-corrected chi connectivity index (χ0v) is 11.3. The van der Waals surface area contributed by atoms with Gasteiger partial charge >= 0.3 is 0 Å². The molecule has 1 atom stereocenters. The Morgan fingerprint density at radius 3 is 3.00 bits per heavy atom. The monoisotopic (exact) mass is 265 g/mol. The van der Waals surface area contributed by atoms with E-state index in [1.54, 1.807) is 4.90 Å². The van der Waals surface area contributed by atoms with Crippen LogP contribution in [-0.4, -0.2) is 46.4 Å². The summed E-state index contributed by atoms with van der Waals surface area (Å²) >= 11 is 0. The number of aromatic nitrogens is 2. The van der Waals surface area contributed by atoms with E-state index in [4.69, 9.17) is 4.74 Å². The number of ether oxygens (including phenoxy) is 1. The number of hydrogen-bond donors (Lipinski definition) is 0. The summed E-state index contributed by atoms with van der Waals surface area (Å²) in [5, 5.41) is 4.13. The molecular formula is C13H19N3O3. The lowest BCUT2D eigenvalue weighted by atomic mass is 10.2. The molecule has 1 aliphatic rings. The predicted molar refractivity (Wildman–Crippen MR) is 70.1 cm³/mol. The highest BCUT2D eigenvalue weighted by Crippen LogP contribution is 2.08. The van der Waals surface area contributed by atoms with Crippen LogP contribution in [0.5, 0.6) is 0 Å². The van der Waals surface area contributed by atoms with Gasteiger partial charge in [0.05, 0.1) is 12.7 Å². The lowest BCUT2D eigenvalue weighted by Gasteiger charge is -2.30. The molecule has 2 rings (SSSR count). The minimum Gasteiger partial charge on any atom is -0.375 e. The van der Waals surface area contributed by atoms with Crippen molar-refractivity contribution in [1.82, 2.24) is 14.7 Å². The molecule has 104 valence electrons. The van der Waals surface area contributed by atoms with E-state index in [0.29, 0.717) is 31.9 Å². The maximum absolute atomic E-state index is 12.3. The van der Waals surface area contributed by atoms with Crippen molar-refractivity contribution < 1.29 is 9.53 Å². The first-order valence-electron chi connectivity index (χ1n) is 6.61. The Morgan fingerprint density at radius 2 is 2.32 bits per heavy atom. The van der Waals surface area contributed by atoms with Crippen LogP contribution in [0, 0.1) is 0 Å². The molecule has 6 heteroatoms. The smallest absolute Gasteiger partial charge is 0.274 e. The molecule has 1 saturated heterocycles. The Kier molecular flexibility index (Phi) is 4.31. The second-order valence-corrected chi connectivity index (χ2v) is 4.71. The Morgan fingerprint density at radius 1 is 1.53 bits per heavy atom. The molecular weight excluding hydrogens is 246 g/mol. The van der Waals surface area contributed by atoms with Gasteiger partial charge in [-0.15, -0.1) is 0 Å². The highest BCUT2D eigenvalue weighted by molar-refractivity contribution is 5.92. The Labute approximate surface area is 112 Å². The minimum absolute atomic E-state index is 0.0410. The van der Waals surface area contributed by atoms with Crippen LogP contribution in [0.25, 0.3) is 0 Å². The van der Waals surface area contributed by atoms with Gasteiger partial charge in [0.2, 0.25) is 0 Å². The van der Waals surface area contributed by atoms with E-state index in [2.05, 4.69) is 5.10 Å². The molecule has 0 aliphatic carbocycles. The highest BCUT2D eigenvalue weighted by atomic mass is 16.5. The van der Waals surface area contributed by atoms with Crippen LogP contribution in [0.3, 0.4) is 0 Å². The number of carbonyl (C=O) groups excluding carboxylic acids is 1. The first-order chi connectivity index (χ1) is 9.11. The maximum atomic E-state index is 12.3. The first kappa shape index (κ1) is 13.7. The van der Waals surface area contributed by atoms with Crippen LogP contribution in [0.15, 0.2) is 16.9 Å². The fourth-order valence-electron chi connectivity index (χ4n) is 2.10. The molecule has 2 heterocycles. The fraction of sp³-hybridized carbons (Fsp3) is 0.615. The number of hydrogen-bond acceptors (Lipinski definition) is 4. The largest absolute Gasteiger partial charge is 0.375 e. The summed E-state index contributed by atoms with van der Waals surface area (Å²) in [6, 6.07) is 2.90. The maximum Gasteiger partial charge on any atom is 0.274 e. The summed E-state index contributed by atoms with van der Waals surface area (Å²) in [6.07, 6.45) is 0.846.